The first-order chi connectivity index (χ1) is 10.2. The molecule has 2 N–H and O–H groups in total. The van der Waals surface area contributed by atoms with E-state index < -0.39 is 0 Å². The zero-order valence-corrected chi connectivity index (χ0v) is 13.5. The molecule has 1 heterocycles. The lowest BCUT2D eigenvalue weighted by Gasteiger charge is -2.31. The van der Waals surface area contributed by atoms with Crippen molar-refractivity contribution >= 4 is 0 Å². The summed E-state index contributed by atoms with van der Waals surface area (Å²) in [4.78, 5) is 1.52. The maximum atomic E-state index is 10.2. The summed E-state index contributed by atoms with van der Waals surface area (Å²) in [7, 11) is 0. The van der Waals surface area contributed by atoms with Gasteiger partial charge in [0.1, 0.15) is 25.0 Å². The van der Waals surface area contributed by atoms with E-state index in [1.165, 1.54) is 36.3 Å². The summed E-state index contributed by atoms with van der Waals surface area (Å²) < 4.78 is 5.71. The third-order valence-corrected chi connectivity index (χ3v) is 4.48. The summed E-state index contributed by atoms with van der Waals surface area (Å²) in [6, 6.07) is 8.91. The zero-order valence-electron chi connectivity index (χ0n) is 13.5. The molecule has 118 valence electrons. The monoisotopic (exact) mass is 292 g/mol. The second-order valence-corrected chi connectivity index (χ2v) is 6.37. The van der Waals surface area contributed by atoms with E-state index in [1.54, 1.807) is 0 Å². The van der Waals surface area contributed by atoms with Crippen LogP contribution in [0.4, 0.5) is 0 Å². The first-order valence-electron chi connectivity index (χ1n) is 8.43. The Bertz CT molecular complexity index is 404. The quantitative estimate of drug-likeness (QED) is 0.804. The van der Waals surface area contributed by atoms with Gasteiger partial charge in [0.25, 0.3) is 0 Å². The van der Waals surface area contributed by atoms with E-state index in [0.717, 1.165) is 25.1 Å². The van der Waals surface area contributed by atoms with Gasteiger partial charge in [-0.15, -0.1) is 0 Å². The van der Waals surface area contributed by atoms with Crippen LogP contribution in [0.2, 0.25) is 0 Å². The Hall–Kier alpha value is -1.06. The average molecular weight is 292 g/mol. The van der Waals surface area contributed by atoms with E-state index in [0.29, 0.717) is 12.6 Å². The topological polar surface area (TPSA) is 33.9 Å². The molecule has 21 heavy (non-hydrogen) atoms. The van der Waals surface area contributed by atoms with Gasteiger partial charge in [-0.3, -0.25) is 0 Å². The maximum absolute atomic E-state index is 10.2. The smallest absolute Gasteiger partial charge is 0.137 e. The number of rotatable bonds is 7. The van der Waals surface area contributed by atoms with E-state index in [2.05, 4.69) is 26.0 Å². The lowest BCUT2D eigenvalue weighted by molar-refractivity contribution is -0.931. The number of benzene rings is 1. The van der Waals surface area contributed by atoms with Crippen LogP contribution in [0.15, 0.2) is 24.3 Å². The van der Waals surface area contributed by atoms with Gasteiger partial charge in [0.05, 0.1) is 12.6 Å². The Kier molecular flexibility index (Phi) is 6.52. The highest BCUT2D eigenvalue weighted by Crippen LogP contribution is 2.13. The van der Waals surface area contributed by atoms with Crippen LogP contribution in [-0.2, 0) is 6.42 Å². The SMILES string of the molecule is CCCc1ccc(OC[C@H](O)C[NH+]2CCCC[C@@H]2C)cc1. The number of quaternary nitrogens is 1. The molecular formula is C18H30NO2+. The van der Waals surface area contributed by atoms with Crippen molar-refractivity contribution in [2.75, 3.05) is 19.7 Å². The fraction of sp³-hybridized carbons (Fsp3) is 0.667. The predicted octanol–water partition coefficient (Wildman–Crippen LogP) is 1.84. The molecule has 0 amide bonds. The fourth-order valence-electron chi connectivity index (χ4n) is 3.15. The summed E-state index contributed by atoms with van der Waals surface area (Å²) in [5, 5.41) is 10.2. The van der Waals surface area contributed by atoms with E-state index in [4.69, 9.17) is 4.74 Å². The Morgan fingerprint density at radius 1 is 1.29 bits per heavy atom. The Morgan fingerprint density at radius 2 is 2.05 bits per heavy atom. The van der Waals surface area contributed by atoms with Crippen molar-refractivity contribution in [3.05, 3.63) is 29.8 Å². The summed E-state index contributed by atoms with van der Waals surface area (Å²) in [6.07, 6.45) is 5.79. The average Bonchev–Trinajstić information content (AvgIpc) is 2.49. The standard InChI is InChI=1S/C18H29NO2/c1-3-6-16-8-10-18(11-9-16)21-14-17(20)13-19-12-5-4-7-15(19)2/h8-11,15,17,20H,3-7,12-14H2,1-2H3/p+1/t15-,17+/m0/s1. The van der Waals surface area contributed by atoms with Gasteiger partial charge in [-0.2, -0.15) is 0 Å². The molecule has 0 saturated carbocycles. The van der Waals surface area contributed by atoms with E-state index in [1.807, 2.05) is 12.1 Å². The highest BCUT2D eigenvalue weighted by Gasteiger charge is 2.24. The molecule has 0 aromatic heterocycles. The Labute approximate surface area is 128 Å². The first kappa shape index (κ1) is 16.3. The van der Waals surface area contributed by atoms with Gasteiger partial charge in [-0.25, -0.2) is 0 Å². The van der Waals surface area contributed by atoms with Crippen molar-refractivity contribution in [1.29, 1.82) is 0 Å². The van der Waals surface area contributed by atoms with Crippen molar-refractivity contribution in [3.63, 3.8) is 0 Å². The van der Waals surface area contributed by atoms with Crippen molar-refractivity contribution in [3.8, 4) is 5.75 Å². The van der Waals surface area contributed by atoms with Gasteiger partial charge < -0.3 is 14.7 Å². The normalized spacial score (nSPS) is 23.8. The number of piperidine rings is 1. The van der Waals surface area contributed by atoms with Crippen molar-refractivity contribution in [2.24, 2.45) is 0 Å². The third-order valence-electron chi connectivity index (χ3n) is 4.48. The molecule has 0 aliphatic carbocycles. The molecule has 1 aliphatic rings. The first-order valence-corrected chi connectivity index (χ1v) is 8.43. The Balaban J connectivity index is 1.73. The predicted molar refractivity (Wildman–Crippen MR) is 85.9 cm³/mol. The number of hydrogen-bond acceptors (Lipinski definition) is 2. The van der Waals surface area contributed by atoms with Gasteiger partial charge in [0.2, 0.25) is 0 Å². The molecule has 1 unspecified atom stereocenters. The number of aliphatic hydroxyl groups excluding tert-OH is 1. The third kappa shape index (κ3) is 5.33. The summed E-state index contributed by atoms with van der Waals surface area (Å²) in [6.45, 7) is 6.85. The lowest BCUT2D eigenvalue weighted by Crippen LogP contribution is -3.17. The van der Waals surface area contributed by atoms with E-state index in [-0.39, 0.29) is 6.10 Å². The fourth-order valence-corrected chi connectivity index (χ4v) is 3.15. The van der Waals surface area contributed by atoms with Crippen LogP contribution in [0.25, 0.3) is 0 Å². The molecule has 3 heteroatoms. The summed E-state index contributed by atoms with van der Waals surface area (Å²) in [5.74, 6) is 0.857. The molecule has 0 bridgehead atoms. The molecule has 0 radical (unpaired) electrons. The van der Waals surface area contributed by atoms with Crippen molar-refractivity contribution < 1.29 is 14.7 Å². The minimum absolute atomic E-state index is 0.379. The summed E-state index contributed by atoms with van der Waals surface area (Å²) >= 11 is 0. The minimum atomic E-state index is -0.379. The van der Waals surface area contributed by atoms with Crippen LogP contribution < -0.4 is 9.64 Å². The molecule has 1 aliphatic heterocycles. The highest BCUT2D eigenvalue weighted by molar-refractivity contribution is 5.27. The van der Waals surface area contributed by atoms with Crippen LogP contribution in [0, 0.1) is 0 Å². The van der Waals surface area contributed by atoms with Crippen LogP contribution in [-0.4, -0.2) is 36.9 Å². The number of hydrogen-bond donors (Lipinski definition) is 2. The lowest BCUT2D eigenvalue weighted by atomic mass is 10.0. The number of aliphatic hydroxyl groups is 1. The molecular weight excluding hydrogens is 262 g/mol. The number of nitrogens with one attached hydrogen (secondary N) is 1. The van der Waals surface area contributed by atoms with Crippen LogP contribution in [0.1, 0.15) is 45.1 Å². The van der Waals surface area contributed by atoms with Gasteiger partial charge >= 0.3 is 0 Å². The number of ether oxygens (including phenoxy) is 1. The minimum Gasteiger partial charge on any atom is -0.491 e. The second kappa shape index (κ2) is 8.40. The largest absolute Gasteiger partial charge is 0.491 e. The molecule has 3 atom stereocenters. The molecule has 0 spiro atoms. The van der Waals surface area contributed by atoms with Crippen LogP contribution in [0.3, 0.4) is 0 Å². The van der Waals surface area contributed by atoms with Gasteiger partial charge in [-0.05, 0) is 50.3 Å². The molecule has 1 saturated heterocycles. The zero-order chi connectivity index (χ0) is 15.1. The number of likely N-dealkylation sites (tertiary alicyclic amines) is 1. The highest BCUT2D eigenvalue weighted by atomic mass is 16.5. The van der Waals surface area contributed by atoms with Crippen molar-refractivity contribution in [1.82, 2.24) is 0 Å². The second-order valence-electron chi connectivity index (χ2n) is 6.37. The molecule has 1 aromatic carbocycles. The number of aryl methyl sites for hydroxylation is 1. The Morgan fingerprint density at radius 3 is 2.71 bits per heavy atom. The van der Waals surface area contributed by atoms with Gasteiger partial charge in [0.15, 0.2) is 0 Å². The van der Waals surface area contributed by atoms with Crippen LogP contribution in [0.5, 0.6) is 5.75 Å². The van der Waals surface area contributed by atoms with E-state index in [9.17, 15) is 5.11 Å². The maximum Gasteiger partial charge on any atom is 0.137 e. The molecule has 1 fully saturated rings. The summed E-state index contributed by atoms with van der Waals surface area (Å²) in [5.41, 5.74) is 1.34. The van der Waals surface area contributed by atoms with Gasteiger partial charge in [-0.1, -0.05) is 25.5 Å². The molecule has 1 aromatic rings. The van der Waals surface area contributed by atoms with Crippen molar-refractivity contribution in [2.45, 2.75) is 58.1 Å². The van der Waals surface area contributed by atoms with E-state index >= 15 is 0 Å². The van der Waals surface area contributed by atoms with Gasteiger partial charge in [0, 0.05) is 0 Å². The molecule has 2 rings (SSSR count). The molecule has 3 nitrogen and oxygen atoms in total. The van der Waals surface area contributed by atoms with Crippen LogP contribution >= 0.6 is 0 Å².